The van der Waals surface area contributed by atoms with Crippen molar-refractivity contribution in [3.8, 4) is 0 Å². The average molecular weight is 233 g/mol. The summed E-state index contributed by atoms with van der Waals surface area (Å²) in [7, 11) is 0. The molecule has 0 spiro atoms. The molecule has 1 aliphatic heterocycles. The molecule has 3 heteroatoms. The summed E-state index contributed by atoms with van der Waals surface area (Å²) in [4.78, 5) is 13.5. The van der Waals surface area contributed by atoms with Crippen LogP contribution in [-0.4, -0.2) is 24.2 Å². The summed E-state index contributed by atoms with van der Waals surface area (Å²) < 4.78 is 0. The molecule has 1 aromatic carbocycles. The molecular weight excluding hydrogens is 214 g/mol. The Morgan fingerprint density at radius 2 is 2.29 bits per heavy atom. The van der Waals surface area contributed by atoms with Crippen LogP contribution in [0.2, 0.25) is 0 Å². The SMILES string of the molecule is CCCN1CCc2cccc(C(C)C(=O)O)c21. The van der Waals surface area contributed by atoms with E-state index in [4.69, 9.17) is 5.11 Å². The lowest BCUT2D eigenvalue weighted by atomic mass is 9.96. The molecule has 0 aliphatic carbocycles. The average Bonchev–Trinajstić information content (AvgIpc) is 2.72. The van der Waals surface area contributed by atoms with Gasteiger partial charge in [-0.05, 0) is 30.9 Å². The van der Waals surface area contributed by atoms with Crippen molar-refractivity contribution in [3.63, 3.8) is 0 Å². The number of carbonyl (C=O) groups is 1. The second kappa shape index (κ2) is 4.78. The van der Waals surface area contributed by atoms with E-state index in [0.29, 0.717) is 0 Å². The molecule has 1 aromatic rings. The Balaban J connectivity index is 2.41. The fourth-order valence-electron chi connectivity index (χ4n) is 2.54. The summed E-state index contributed by atoms with van der Waals surface area (Å²) in [6.07, 6.45) is 2.13. The lowest BCUT2D eigenvalue weighted by Crippen LogP contribution is -2.23. The Labute approximate surface area is 102 Å². The predicted octanol–water partition coefficient (Wildman–Crippen LogP) is 2.65. The normalized spacial score (nSPS) is 15.8. The van der Waals surface area contributed by atoms with Gasteiger partial charge in [0.05, 0.1) is 5.92 Å². The molecule has 1 unspecified atom stereocenters. The zero-order chi connectivity index (χ0) is 12.4. The Kier molecular flexibility index (Phi) is 3.36. The maximum atomic E-state index is 11.1. The van der Waals surface area contributed by atoms with E-state index in [-0.39, 0.29) is 0 Å². The molecule has 0 amide bonds. The number of anilines is 1. The van der Waals surface area contributed by atoms with Crippen molar-refractivity contribution in [2.75, 3.05) is 18.0 Å². The summed E-state index contributed by atoms with van der Waals surface area (Å²) in [5.41, 5.74) is 3.43. The van der Waals surface area contributed by atoms with Gasteiger partial charge in [-0.25, -0.2) is 0 Å². The van der Waals surface area contributed by atoms with Gasteiger partial charge in [0.1, 0.15) is 0 Å². The van der Waals surface area contributed by atoms with Crippen LogP contribution in [-0.2, 0) is 11.2 Å². The fraction of sp³-hybridized carbons (Fsp3) is 0.500. The van der Waals surface area contributed by atoms with Crippen LogP contribution in [0.4, 0.5) is 5.69 Å². The summed E-state index contributed by atoms with van der Waals surface area (Å²) in [5, 5.41) is 9.16. The fourth-order valence-corrected chi connectivity index (χ4v) is 2.54. The van der Waals surface area contributed by atoms with Gasteiger partial charge in [0.15, 0.2) is 0 Å². The molecule has 2 rings (SSSR count). The van der Waals surface area contributed by atoms with Gasteiger partial charge < -0.3 is 10.0 Å². The lowest BCUT2D eigenvalue weighted by Gasteiger charge is -2.23. The molecule has 1 N–H and O–H groups in total. The molecule has 3 nitrogen and oxygen atoms in total. The Bertz CT molecular complexity index is 426. The minimum Gasteiger partial charge on any atom is -0.481 e. The Morgan fingerprint density at radius 1 is 1.53 bits per heavy atom. The highest BCUT2D eigenvalue weighted by Crippen LogP contribution is 2.36. The summed E-state index contributed by atoms with van der Waals surface area (Å²) >= 11 is 0. The van der Waals surface area contributed by atoms with Crippen molar-refractivity contribution in [2.45, 2.75) is 32.6 Å². The standard InChI is InChI=1S/C14H19NO2/c1-3-8-15-9-7-11-5-4-6-12(13(11)15)10(2)14(16)17/h4-6,10H,3,7-9H2,1-2H3,(H,16,17). The van der Waals surface area contributed by atoms with Crippen molar-refractivity contribution >= 4 is 11.7 Å². The van der Waals surface area contributed by atoms with Gasteiger partial charge in [-0.3, -0.25) is 4.79 Å². The van der Waals surface area contributed by atoms with Gasteiger partial charge >= 0.3 is 5.97 Å². The molecule has 1 heterocycles. The molecular formula is C14H19NO2. The maximum Gasteiger partial charge on any atom is 0.310 e. The second-order valence-corrected chi connectivity index (χ2v) is 4.65. The third-order valence-corrected chi connectivity index (χ3v) is 3.45. The lowest BCUT2D eigenvalue weighted by molar-refractivity contribution is -0.138. The van der Waals surface area contributed by atoms with Crippen LogP contribution < -0.4 is 4.90 Å². The molecule has 17 heavy (non-hydrogen) atoms. The van der Waals surface area contributed by atoms with Crippen LogP contribution in [0, 0.1) is 0 Å². The van der Waals surface area contributed by atoms with Gasteiger partial charge in [0.25, 0.3) is 0 Å². The topological polar surface area (TPSA) is 40.5 Å². The van der Waals surface area contributed by atoms with Crippen LogP contribution in [0.15, 0.2) is 18.2 Å². The number of benzene rings is 1. The van der Waals surface area contributed by atoms with Crippen LogP contribution in [0.5, 0.6) is 0 Å². The summed E-state index contributed by atoms with van der Waals surface area (Å²) in [5.74, 6) is -1.18. The minimum atomic E-state index is -0.748. The third kappa shape index (κ3) is 2.14. The number of para-hydroxylation sites is 1. The van der Waals surface area contributed by atoms with Crippen molar-refractivity contribution in [2.24, 2.45) is 0 Å². The van der Waals surface area contributed by atoms with Crippen LogP contribution in [0.3, 0.4) is 0 Å². The Hall–Kier alpha value is -1.51. The number of rotatable bonds is 4. The number of nitrogens with zero attached hydrogens (tertiary/aromatic N) is 1. The van der Waals surface area contributed by atoms with E-state index in [2.05, 4.69) is 17.9 Å². The van der Waals surface area contributed by atoms with Gasteiger partial charge in [-0.2, -0.15) is 0 Å². The molecule has 0 aromatic heterocycles. The van der Waals surface area contributed by atoms with E-state index in [1.54, 1.807) is 6.92 Å². The molecule has 1 aliphatic rings. The molecule has 0 bridgehead atoms. The van der Waals surface area contributed by atoms with Gasteiger partial charge in [0, 0.05) is 18.8 Å². The zero-order valence-corrected chi connectivity index (χ0v) is 10.4. The van der Waals surface area contributed by atoms with Crippen LogP contribution in [0.1, 0.15) is 37.3 Å². The van der Waals surface area contributed by atoms with Gasteiger partial charge in [-0.1, -0.05) is 25.1 Å². The first kappa shape index (κ1) is 12.0. The zero-order valence-electron chi connectivity index (χ0n) is 10.4. The first-order valence-corrected chi connectivity index (χ1v) is 6.24. The van der Waals surface area contributed by atoms with Crippen molar-refractivity contribution < 1.29 is 9.90 Å². The molecule has 0 radical (unpaired) electrons. The van der Waals surface area contributed by atoms with Crippen molar-refractivity contribution in [3.05, 3.63) is 29.3 Å². The smallest absolute Gasteiger partial charge is 0.310 e. The van der Waals surface area contributed by atoms with Crippen LogP contribution >= 0.6 is 0 Å². The monoisotopic (exact) mass is 233 g/mol. The number of aliphatic carboxylic acids is 1. The quantitative estimate of drug-likeness (QED) is 0.869. The van der Waals surface area contributed by atoms with E-state index < -0.39 is 11.9 Å². The second-order valence-electron chi connectivity index (χ2n) is 4.65. The third-order valence-electron chi connectivity index (χ3n) is 3.45. The highest BCUT2D eigenvalue weighted by atomic mass is 16.4. The van der Waals surface area contributed by atoms with E-state index in [9.17, 15) is 4.79 Å². The molecule has 0 saturated carbocycles. The van der Waals surface area contributed by atoms with E-state index >= 15 is 0 Å². The van der Waals surface area contributed by atoms with Crippen LogP contribution in [0.25, 0.3) is 0 Å². The molecule has 92 valence electrons. The molecule has 0 saturated heterocycles. The molecule has 1 atom stereocenters. The Morgan fingerprint density at radius 3 is 2.94 bits per heavy atom. The first-order chi connectivity index (χ1) is 8.15. The summed E-state index contributed by atoms with van der Waals surface area (Å²) in [6.45, 7) is 5.95. The van der Waals surface area contributed by atoms with E-state index in [1.165, 1.54) is 11.3 Å². The molecule has 0 fully saturated rings. The number of carboxylic acids is 1. The highest BCUT2D eigenvalue weighted by Gasteiger charge is 2.26. The highest BCUT2D eigenvalue weighted by molar-refractivity contribution is 5.80. The minimum absolute atomic E-state index is 0.428. The number of fused-ring (bicyclic) bond motifs is 1. The van der Waals surface area contributed by atoms with E-state index in [0.717, 1.165) is 31.5 Å². The van der Waals surface area contributed by atoms with Gasteiger partial charge in [0.2, 0.25) is 0 Å². The maximum absolute atomic E-state index is 11.1. The predicted molar refractivity (Wildman–Crippen MR) is 68.7 cm³/mol. The van der Waals surface area contributed by atoms with Gasteiger partial charge in [-0.15, -0.1) is 0 Å². The largest absolute Gasteiger partial charge is 0.481 e. The van der Waals surface area contributed by atoms with E-state index in [1.807, 2.05) is 12.1 Å². The number of carboxylic acid groups (broad SMARTS) is 1. The number of hydrogen-bond acceptors (Lipinski definition) is 2. The van der Waals surface area contributed by atoms with Crippen molar-refractivity contribution in [1.29, 1.82) is 0 Å². The first-order valence-electron chi connectivity index (χ1n) is 6.24. The number of hydrogen-bond donors (Lipinski definition) is 1. The summed E-state index contributed by atoms with van der Waals surface area (Å²) in [6, 6.07) is 6.04. The van der Waals surface area contributed by atoms with Crippen molar-refractivity contribution in [1.82, 2.24) is 0 Å².